The molecule has 25 heavy (non-hydrogen) atoms. The molecule has 0 bridgehead atoms. The molecule has 0 aliphatic carbocycles. The zero-order valence-electron chi connectivity index (χ0n) is 14.1. The van der Waals surface area contributed by atoms with Crippen molar-refractivity contribution in [1.29, 1.82) is 0 Å². The molecule has 1 amide bonds. The Labute approximate surface area is 157 Å². The Balaban J connectivity index is 1.65. The summed E-state index contributed by atoms with van der Waals surface area (Å²) < 4.78 is 1.03. The summed E-state index contributed by atoms with van der Waals surface area (Å²) in [7, 11) is 0. The molecule has 2 aliphatic rings. The van der Waals surface area contributed by atoms with Crippen LogP contribution in [0.25, 0.3) is 6.08 Å². The lowest BCUT2D eigenvalue weighted by Crippen LogP contribution is -2.36. The number of anilines is 2. The molecule has 0 atom stereocenters. The van der Waals surface area contributed by atoms with Gasteiger partial charge in [0.1, 0.15) is 0 Å². The highest BCUT2D eigenvalue weighted by atomic mass is 79.9. The zero-order chi connectivity index (χ0) is 17.2. The third kappa shape index (κ3) is 3.36. The molecule has 128 valence electrons. The van der Waals surface area contributed by atoms with E-state index in [0.717, 1.165) is 34.4 Å². The number of hydrogen-bond donors (Lipinski definition) is 0. The smallest absolute Gasteiger partial charge is 0.231 e. The molecule has 4 rings (SSSR count). The van der Waals surface area contributed by atoms with Gasteiger partial charge in [-0.25, -0.2) is 0 Å². The van der Waals surface area contributed by atoms with Crippen molar-refractivity contribution in [3.63, 3.8) is 0 Å². The summed E-state index contributed by atoms with van der Waals surface area (Å²) >= 11 is 3.45. The summed E-state index contributed by atoms with van der Waals surface area (Å²) in [5.41, 5.74) is 4.46. The second-order valence-corrected chi connectivity index (χ2v) is 7.53. The van der Waals surface area contributed by atoms with E-state index < -0.39 is 0 Å². The molecule has 0 unspecified atom stereocenters. The molecule has 0 saturated carbocycles. The van der Waals surface area contributed by atoms with Gasteiger partial charge in [0.2, 0.25) is 5.91 Å². The van der Waals surface area contributed by atoms with Crippen molar-refractivity contribution in [3.05, 3.63) is 64.1 Å². The Morgan fingerprint density at radius 2 is 1.80 bits per heavy atom. The third-order valence-electron chi connectivity index (χ3n) is 4.92. The molecule has 0 spiro atoms. The topological polar surface area (TPSA) is 23.6 Å². The minimum atomic E-state index is 0.152. The number of carbonyl (C=O) groups excluding carboxylic acids is 1. The van der Waals surface area contributed by atoms with Crippen molar-refractivity contribution in [3.8, 4) is 0 Å². The number of para-hydroxylation sites is 1. The quantitative estimate of drug-likeness (QED) is 0.753. The van der Waals surface area contributed by atoms with Crippen LogP contribution in [-0.4, -0.2) is 25.5 Å². The van der Waals surface area contributed by atoms with Crippen molar-refractivity contribution in [2.24, 2.45) is 0 Å². The Morgan fingerprint density at radius 1 is 1.04 bits per heavy atom. The number of benzene rings is 2. The molecule has 3 nitrogen and oxygen atoms in total. The summed E-state index contributed by atoms with van der Waals surface area (Å²) in [6.07, 6.45) is 7.10. The first kappa shape index (κ1) is 16.4. The summed E-state index contributed by atoms with van der Waals surface area (Å²) in [4.78, 5) is 17.4. The van der Waals surface area contributed by atoms with E-state index in [4.69, 9.17) is 0 Å². The van der Waals surface area contributed by atoms with Gasteiger partial charge in [-0.05, 0) is 36.6 Å². The lowest BCUT2D eigenvalue weighted by atomic mass is 10.0. The monoisotopic (exact) mass is 396 g/mol. The maximum Gasteiger partial charge on any atom is 0.231 e. The van der Waals surface area contributed by atoms with Crippen LogP contribution in [-0.2, 0) is 11.2 Å². The van der Waals surface area contributed by atoms with E-state index in [1.807, 2.05) is 29.2 Å². The van der Waals surface area contributed by atoms with Gasteiger partial charge in [-0.3, -0.25) is 4.79 Å². The molecule has 1 saturated heterocycles. The molecule has 0 radical (unpaired) electrons. The van der Waals surface area contributed by atoms with Gasteiger partial charge in [-0.1, -0.05) is 52.3 Å². The highest BCUT2D eigenvalue weighted by Gasteiger charge is 2.26. The van der Waals surface area contributed by atoms with Crippen LogP contribution in [0.3, 0.4) is 0 Å². The summed E-state index contributed by atoms with van der Waals surface area (Å²) in [6.45, 7) is 2.80. The molecular formula is C21H21BrN2O. The maximum absolute atomic E-state index is 13.0. The highest BCUT2D eigenvalue weighted by molar-refractivity contribution is 9.10. The summed E-state index contributed by atoms with van der Waals surface area (Å²) in [5, 5.41) is 0. The van der Waals surface area contributed by atoms with Crippen molar-refractivity contribution < 1.29 is 4.79 Å². The maximum atomic E-state index is 13.0. The normalized spacial score (nSPS) is 16.2. The van der Waals surface area contributed by atoms with Crippen molar-refractivity contribution in [2.75, 3.05) is 29.4 Å². The second kappa shape index (κ2) is 7.04. The van der Waals surface area contributed by atoms with Gasteiger partial charge in [0, 0.05) is 29.7 Å². The molecule has 2 aromatic carbocycles. The molecule has 4 heteroatoms. The Morgan fingerprint density at radius 3 is 2.56 bits per heavy atom. The fourth-order valence-corrected chi connectivity index (χ4v) is 3.93. The molecule has 2 heterocycles. The lowest BCUT2D eigenvalue weighted by molar-refractivity contribution is -0.117. The van der Waals surface area contributed by atoms with Crippen LogP contribution < -0.4 is 9.80 Å². The van der Waals surface area contributed by atoms with E-state index in [1.54, 1.807) is 0 Å². The third-order valence-corrected chi connectivity index (χ3v) is 5.45. The van der Waals surface area contributed by atoms with Crippen LogP contribution in [0.2, 0.25) is 0 Å². The van der Waals surface area contributed by atoms with Crippen molar-refractivity contribution in [2.45, 2.75) is 19.3 Å². The average molecular weight is 397 g/mol. The SMILES string of the molecule is O=C(Cc1ccc(Br)cc1)N1CC=Cc2cccc(N3CCCC3)c21. The van der Waals surface area contributed by atoms with Gasteiger partial charge in [0.05, 0.1) is 17.8 Å². The number of rotatable bonds is 3. The number of amides is 1. The van der Waals surface area contributed by atoms with Gasteiger partial charge in [0.25, 0.3) is 0 Å². The van der Waals surface area contributed by atoms with E-state index in [2.05, 4.69) is 51.2 Å². The standard InChI is InChI=1S/C21H21BrN2O/c22-18-10-8-16(9-11-18)15-20(25)24-14-4-6-17-5-3-7-19(21(17)24)23-12-1-2-13-23/h3-11H,1-2,12-15H2. The number of hydrogen-bond acceptors (Lipinski definition) is 2. The Hall–Kier alpha value is -2.07. The predicted molar refractivity (Wildman–Crippen MR) is 107 cm³/mol. The number of halogens is 1. The lowest BCUT2D eigenvalue weighted by Gasteiger charge is -2.32. The van der Waals surface area contributed by atoms with Crippen LogP contribution in [0.15, 0.2) is 53.0 Å². The minimum Gasteiger partial charge on any atom is -0.370 e. The second-order valence-electron chi connectivity index (χ2n) is 6.62. The van der Waals surface area contributed by atoms with Gasteiger partial charge in [-0.15, -0.1) is 0 Å². The van der Waals surface area contributed by atoms with Gasteiger partial charge >= 0.3 is 0 Å². The van der Waals surface area contributed by atoms with Crippen molar-refractivity contribution >= 4 is 39.3 Å². The minimum absolute atomic E-state index is 0.152. The molecule has 2 aromatic rings. The van der Waals surface area contributed by atoms with E-state index in [9.17, 15) is 4.79 Å². The van der Waals surface area contributed by atoms with Gasteiger partial charge < -0.3 is 9.80 Å². The Bertz CT molecular complexity index is 807. The van der Waals surface area contributed by atoms with Crippen LogP contribution in [0.1, 0.15) is 24.0 Å². The van der Waals surface area contributed by atoms with E-state index in [0.29, 0.717) is 13.0 Å². The van der Waals surface area contributed by atoms with E-state index in [1.165, 1.54) is 18.5 Å². The molecule has 0 N–H and O–H groups in total. The molecular weight excluding hydrogens is 376 g/mol. The summed E-state index contributed by atoms with van der Waals surface area (Å²) in [5.74, 6) is 0.152. The highest BCUT2D eigenvalue weighted by Crippen LogP contribution is 2.38. The van der Waals surface area contributed by atoms with Crippen LogP contribution in [0, 0.1) is 0 Å². The van der Waals surface area contributed by atoms with Gasteiger partial charge in [0.15, 0.2) is 0 Å². The molecule has 2 aliphatic heterocycles. The number of fused-ring (bicyclic) bond motifs is 1. The fraction of sp³-hybridized carbons (Fsp3) is 0.286. The fourth-order valence-electron chi connectivity index (χ4n) is 3.67. The van der Waals surface area contributed by atoms with Crippen LogP contribution >= 0.6 is 15.9 Å². The first-order chi connectivity index (χ1) is 12.2. The molecule has 1 fully saturated rings. The van der Waals surface area contributed by atoms with Crippen molar-refractivity contribution in [1.82, 2.24) is 0 Å². The summed E-state index contributed by atoms with van der Waals surface area (Å²) in [6, 6.07) is 14.3. The van der Waals surface area contributed by atoms with Crippen LogP contribution in [0.4, 0.5) is 11.4 Å². The largest absolute Gasteiger partial charge is 0.370 e. The number of nitrogens with zero attached hydrogens (tertiary/aromatic N) is 2. The number of carbonyl (C=O) groups is 1. The zero-order valence-corrected chi connectivity index (χ0v) is 15.7. The van der Waals surface area contributed by atoms with Gasteiger partial charge in [-0.2, -0.15) is 0 Å². The van der Waals surface area contributed by atoms with E-state index >= 15 is 0 Å². The first-order valence-corrected chi connectivity index (χ1v) is 9.61. The van der Waals surface area contributed by atoms with Crippen LogP contribution in [0.5, 0.6) is 0 Å². The van der Waals surface area contributed by atoms with E-state index in [-0.39, 0.29) is 5.91 Å². The Kier molecular flexibility index (Phi) is 4.62. The molecule has 0 aromatic heterocycles. The predicted octanol–water partition coefficient (Wildman–Crippen LogP) is 4.65. The average Bonchev–Trinajstić information content (AvgIpc) is 3.17. The first-order valence-electron chi connectivity index (χ1n) is 8.82.